The van der Waals surface area contributed by atoms with Gasteiger partial charge in [-0.1, -0.05) is 29.8 Å². The highest BCUT2D eigenvalue weighted by molar-refractivity contribution is 6.31. The van der Waals surface area contributed by atoms with Gasteiger partial charge in [0, 0.05) is 30.3 Å². The largest absolute Gasteiger partial charge is 0.387 e. The molecule has 3 rings (SSSR count). The smallest absolute Gasteiger partial charge is 0.108 e. The van der Waals surface area contributed by atoms with Crippen LogP contribution in [-0.4, -0.2) is 25.5 Å². The predicted octanol–water partition coefficient (Wildman–Crippen LogP) is 3.35. The van der Waals surface area contributed by atoms with E-state index in [0.29, 0.717) is 17.9 Å². The molecule has 1 atom stereocenters. The highest BCUT2D eigenvalue weighted by atomic mass is 35.5. The number of benzene rings is 1. The lowest BCUT2D eigenvalue weighted by molar-refractivity contribution is 0.0266. The van der Waals surface area contributed by atoms with Crippen molar-refractivity contribution in [1.82, 2.24) is 9.97 Å². The molecule has 0 amide bonds. The summed E-state index contributed by atoms with van der Waals surface area (Å²) >= 11 is 12.7. The number of alkyl halides is 1. The van der Waals surface area contributed by atoms with E-state index in [9.17, 15) is 5.11 Å². The van der Waals surface area contributed by atoms with Crippen molar-refractivity contribution in [3.63, 3.8) is 0 Å². The Morgan fingerprint density at radius 3 is 2.65 bits per heavy atom. The molecule has 1 aliphatic rings. The van der Waals surface area contributed by atoms with Crippen LogP contribution in [-0.2, 0) is 12.8 Å². The van der Waals surface area contributed by atoms with Gasteiger partial charge in [-0.2, -0.15) is 0 Å². The molecule has 20 heavy (non-hydrogen) atoms. The second-order valence-corrected chi connectivity index (χ2v) is 6.61. The Bertz CT molecular complexity index is 596. The van der Waals surface area contributed by atoms with Crippen molar-refractivity contribution in [1.29, 1.82) is 0 Å². The zero-order chi connectivity index (χ0) is 14.2. The van der Waals surface area contributed by atoms with Crippen LogP contribution in [0.3, 0.4) is 0 Å². The molecule has 0 bridgehead atoms. The number of rotatable bonds is 5. The maximum absolute atomic E-state index is 11.1. The summed E-state index contributed by atoms with van der Waals surface area (Å²) in [6.45, 7) is 0. The summed E-state index contributed by atoms with van der Waals surface area (Å²) in [5.41, 5.74) is -0.132. The minimum Gasteiger partial charge on any atom is -0.387 e. The molecule has 5 heteroatoms. The van der Waals surface area contributed by atoms with E-state index < -0.39 is 10.5 Å². The maximum atomic E-state index is 11.1. The third kappa shape index (κ3) is 2.58. The summed E-state index contributed by atoms with van der Waals surface area (Å²) in [7, 11) is 0. The Morgan fingerprint density at radius 2 is 2.05 bits per heavy atom. The molecular formula is C15H16Cl2N2O. The Hall–Kier alpha value is -1.03. The Balaban J connectivity index is 1.89. The zero-order valence-corrected chi connectivity index (χ0v) is 12.5. The highest BCUT2D eigenvalue weighted by Gasteiger charge is 2.57. The third-order valence-corrected chi connectivity index (χ3v) is 5.08. The van der Waals surface area contributed by atoms with Crippen molar-refractivity contribution in [2.45, 2.75) is 36.2 Å². The van der Waals surface area contributed by atoms with Gasteiger partial charge >= 0.3 is 0 Å². The first-order valence-corrected chi connectivity index (χ1v) is 7.41. The van der Waals surface area contributed by atoms with Crippen LogP contribution in [0.4, 0.5) is 0 Å². The highest BCUT2D eigenvalue weighted by Crippen LogP contribution is 2.53. The van der Waals surface area contributed by atoms with Gasteiger partial charge in [-0.15, -0.1) is 11.6 Å². The number of H-pyrrole nitrogens is 1. The van der Waals surface area contributed by atoms with Gasteiger partial charge in [-0.3, -0.25) is 0 Å². The number of nitrogens with zero attached hydrogens (tertiary/aromatic N) is 1. The fraction of sp³-hybridized carbons (Fsp3) is 0.400. The fourth-order valence-corrected chi connectivity index (χ4v) is 3.01. The van der Waals surface area contributed by atoms with E-state index in [0.717, 1.165) is 24.2 Å². The molecule has 2 aromatic rings. The quantitative estimate of drug-likeness (QED) is 0.832. The molecule has 1 aromatic heterocycles. The first-order valence-electron chi connectivity index (χ1n) is 6.65. The minimum absolute atomic E-state index is 0.398. The molecule has 0 spiro atoms. The monoisotopic (exact) mass is 310 g/mol. The van der Waals surface area contributed by atoms with Gasteiger partial charge in [0.15, 0.2) is 0 Å². The zero-order valence-electron chi connectivity index (χ0n) is 10.9. The summed E-state index contributed by atoms with van der Waals surface area (Å²) in [4.78, 5) is 6.66. The Labute approximate surface area is 128 Å². The molecule has 0 radical (unpaired) electrons. The normalized spacial score (nSPS) is 19.6. The average Bonchev–Trinajstić information content (AvgIpc) is 2.98. The fourth-order valence-electron chi connectivity index (χ4n) is 2.58. The number of aromatic amines is 1. The van der Waals surface area contributed by atoms with Crippen LogP contribution in [0, 0.1) is 0 Å². The number of nitrogens with one attached hydrogen (secondary N) is 1. The molecule has 2 N–H and O–H groups in total. The summed E-state index contributed by atoms with van der Waals surface area (Å²) in [6.07, 6.45) is 5.89. The third-order valence-electron chi connectivity index (χ3n) is 3.98. The van der Waals surface area contributed by atoms with Gasteiger partial charge in [0.1, 0.15) is 5.82 Å². The predicted molar refractivity (Wildman–Crippen MR) is 80.2 cm³/mol. The molecule has 106 valence electrons. The molecule has 1 fully saturated rings. The van der Waals surface area contributed by atoms with E-state index in [1.807, 2.05) is 24.3 Å². The van der Waals surface area contributed by atoms with Crippen LogP contribution >= 0.6 is 23.2 Å². The molecular weight excluding hydrogens is 295 g/mol. The first-order chi connectivity index (χ1) is 9.52. The molecule has 3 nitrogen and oxygen atoms in total. The standard InChI is InChI=1S/C15H16Cl2N2O/c16-12-4-2-1-3-11(12)9-15(20,14(17)5-6-14)10-13-18-7-8-19-13/h1-4,7-8,20H,5-6,9-10H2,(H,18,19). The molecule has 1 unspecified atom stereocenters. The molecule has 0 aliphatic heterocycles. The van der Waals surface area contributed by atoms with Gasteiger partial charge in [0.2, 0.25) is 0 Å². The molecule has 1 heterocycles. The van der Waals surface area contributed by atoms with Gasteiger partial charge in [-0.25, -0.2) is 4.98 Å². The van der Waals surface area contributed by atoms with Gasteiger partial charge in [-0.05, 0) is 24.5 Å². The van der Waals surface area contributed by atoms with E-state index in [1.54, 1.807) is 12.4 Å². The van der Waals surface area contributed by atoms with Crippen molar-refractivity contribution in [3.05, 3.63) is 53.1 Å². The van der Waals surface area contributed by atoms with E-state index in [1.165, 1.54) is 0 Å². The lowest BCUT2D eigenvalue weighted by Gasteiger charge is -2.33. The molecule has 1 saturated carbocycles. The molecule has 0 saturated heterocycles. The van der Waals surface area contributed by atoms with Crippen LogP contribution < -0.4 is 0 Å². The lowest BCUT2D eigenvalue weighted by atomic mass is 9.85. The SMILES string of the molecule is OC(Cc1ncc[nH]1)(Cc1ccccc1Cl)C1(Cl)CC1. The van der Waals surface area contributed by atoms with Crippen molar-refractivity contribution in [3.8, 4) is 0 Å². The molecule has 1 aromatic carbocycles. The second kappa shape index (κ2) is 5.06. The van der Waals surface area contributed by atoms with Gasteiger partial charge in [0.25, 0.3) is 0 Å². The van der Waals surface area contributed by atoms with E-state index >= 15 is 0 Å². The van der Waals surface area contributed by atoms with E-state index in [4.69, 9.17) is 23.2 Å². The number of halogens is 2. The second-order valence-electron chi connectivity index (χ2n) is 5.48. The summed E-state index contributed by atoms with van der Waals surface area (Å²) in [5.74, 6) is 0.742. The average molecular weight is 311 g/mol. The minimum atomic E-state index is -1.04. The van der Waals surface area contributed by atoms with Crippen LogP contribution in [0.1, 0.15) is 24.2 Å². The summed E-state index contributed by atoms with van der Waals surface area (Å²) in [5, 5.41) is 11.8. The van der Waals surface area contributed by atoms with Crippen LogP contribution in [0.5, 0.6) is 0 Å². The van der Waals surface area contributed by atoms with Crippen molar-refractivity contribution < 1.29 is 5.11 Å². The number of hydrogen-bond donors (Lipinski definition) is 2. The summed E-state index contributed by atoms with van der Waals surface area (Å²) < 4.78 is 0. The topological polar surface area (TPSA) is 48.9 Å². The number of aromatic nitrogens is 2. The Kier molecular flexibility index (Phi) is 3.53. The van der Waals surface area contributed by atoms with Gasteiger partial charge < -0.3 is 10.1 Å². The van der Waals surface area contributed by atoms with Crippen molar-refractivity contribution >= 4 is 23.2 Å². The Morgan fingerprint density at radius 1 is 1.30 bits per heavy atom. The molecule has 1 aliphatic carbocycles. The number of aliphatic hydroxyl groups is 1. The first kappa shape index (κ1) is 13.9. The van der Waals surface area contributed by atoms with E-state index in [-0.39, 0.29) is 0 Å². The van der Waals surface area contributed by atoms with Crippen molar-refractivity contribution in [2.24, 2.45) is 0 Å². The van der Waals surface area contributed by atoms with Crippen LogP contribution in [0.25, 0.3) is 0 Å². The van der Waals surface area contributed by atoms with Gasteiger partial charge in [0.05, 0.1) is 10.5 Å². The summed E-state index contributed by atoms with van der Waals surface area (Å²) in [6, 6.07) is 7.56. The van der Waals surface area contributed by atoms with Crippen molar-refractivity contribution in [2.75, 3.05) is 0 Å². The van der Waals surface area contributed by atoms with Crippen LogP contribution in [0.2, 0.25) is 5.02 Å². The maximum Gasteiger partial charge on any atom is 0.108 e. The number of hydrogen-bond acceptors (Lipinski definition) is 2. The number of imidazole rings is 1. The lowest BCUT2D eigenvalue weighted by Crippen LogP contribution is -2.45. The van der Waals surface area contributed by atoms with Crippen LogP contribution in [0.15, 0.2) is 36.7 Å². The van der Waals surface area contributed by atoms with E-state index in [2.05, 4.69) is 9.97 Å².